The molecular weight excluding hydrogens is 369 g/mol. The Bertz CT molecular complexity index is 1000. The molecule has 0 radical (unpaired) electrons. The van der Waals surface area contributed by atoms with Gasteiger partial charge in [0.15, 0.2) is 5.78 Å². The zero-order valence-electron chi connectivity index (χ0n) is 16.1. The van der Waals surface area contributed by atoms with Crippen molar-refractivity contribution in [2.75, 3.05) is 11.4 Å². The van der Waals surface area contributed by atoms with Crippen molar-refractivity contribution in [3.05, 3.63) is 59.5 Å². The Morgan fingerprint density at radius 1 is 1.28 bits per heavy atom. The molecule has 1 aromatic heterocycles. The molecule has 1 spiro atoms. The van der Waals surface area contributed by atoms with Gasteiger partial charge >= 0.3 is 0 Å². The van der Waals surface area contributed by atoms with E-state index < -0.39 is 11.2 Å². The minimum Gasteiger partial charge on any atom is -0.296 e. The number of carbonyl (C=O) groups excluding carboxylic acids is 2. The first-order chi connectivity index (χ1) is 14.0. The van der Waals surface area contributed by atoms with Gasteiger partial charge in [-0.3, -0.25) is 14.5 Å². The summed E-state index contributed by atoms with van der Waals surface area (Å²) in [4.78, 5) is 31.9. The van der Waals surface area contributed by atoms with Gasteiger partial charge in [0.2, 0.25) is 5.91 Å². The van der Waals surface area contributed by atoms with E-state index >= 15 is 0 Å². The van der Waals surface area contributed by atoms with Crippen molar-refractivity contribution < 1.29 is 14.0 Å². The minimum atomic E-state index is -0.463. The zero-order chi connectivity index (χ0) is 20.4. The van der Waals surface area contributed by atoms with Gasteiger partial charge < -0.3 is 0 Å². The highest BCUT2D eigenvalue weighted by Crippen LogP contribution is 2.48. The lowest BCUT2D eigenvalue weighted by Gasteiger charge is -2.36. The van der Waals surface area contributed by atoms with E-state index in [4.69, 9.17) is 5.26 Å². The topological polar surface area (TPSA) is 74.1 Å². The number of hydrogen-bond acceptors (Lipinski definition) is 4. The number of pyridine rings is 1. The summed E-state index contributed by atoms with van der Waals surface area (Å²) in [6, 6.07) is 12.9. The maximum absolute atomic E-state index is 13.4. The highest BCUT2D eigenvalue weighted by molar-refractivity contribution is 5.99. The minimum absolute atomic E-state index is 0.0444. The number of Topliss-reactive ketones (excluding diaryl/α,β-unsaturated/α-hetero) is 1. The first-order valence-corrected chi connectivity index (χ1v) is 9.99. The molecule has 2 fully saturated rings. The molecule has 1 aliphatic carbocycles. The Kier molecular flexibility index (Phi) is 5.14. The summed E-state index contributed by atoms with van der Waals surface area (Å²) in [5.74, 6) is 0.190. The van der Waals surface area contributed by atoms with E-state index in [9.17, 15) is 14.0 Å². The van der Waals surface area contributed by atoms with Crippen LogP contribution in [0.5, 0.6) is 0 Å². The Morgan fingerprint density at radius 2 is 2.10 bits per heavy atom. The van der Waals surface area contributed by atoms with Crippen LogP contribution in [0.3, 0.4) is 0 Å². The summed E-state index contributed by atoms with van der Waals surface area (Å²) >= 11 is 0. The van der Waals surface area contributed by atoms with Crippen molar-refractivity contribution in [3.63, 3.8) is 0 Å². The third-order valence-electron chi connectivity index (χ3n) is 6.21. The van der Waals surface area contributed by atoms with Crippen molar-refractivity contribution in [3.8, 4) is 6.07 Å². The molecule has 1 amide bonds. The fraction of sp³-hybridized carbons (Fsp3) is 0.391. The third kappa shape index (κ3) is 3.77. The number of hydrogen-bond donors (Lipinski definition) is 0. The molecule has 5 nitrogen and oxygen atoms in total. The van der Waals surface area contributed by atoms with Crippen LogP contribution in [0.15, 0.2) is 42.5 Å². The largest absolute Gasteiger partial charge is 0.296 e. The third-order valence-corrected chi connectivity index (χ3v) is 6.21. The molecule has 1 saturated carbocycles. The van der Waals surface area contributed by atoms with E-state index in [0.717, 1.165) is 25.7 Å². The molecule has 1 saturated heterocycles. The second-order valence-corrected chi connectivity index (χ2v) is 8.08. The van der Waals surface area contributed by atoms with E-state index in [-0.39, 0.29) is 17.6 Å². The second-order valence-electron chi connectivity index (χ2n) is 8.08. The number of amides is 1. The second kappa shape index (κ2) is 7.75. The van der Waals surface area contributed by atoms with Gasteiger partial charge in [-0.05, 0) is 55.9 Å². The molecule has 2 atom stereocenters. The summed E-state index contributed by atoms with van der Waals surface area (Å²) in [5.41, 5.74) is 0.218. The number of nitrogens with zero attached hydrogens (tertiary/aromatic N) is 3. The van der Waals surface area contributed by atoms with Crippen LogP contribution in [-0.2, 0) is 4.79 Å². The molecule has 6 heteroatoms. The first-order valence-electron chi connectivity index (χ1n) is 9.99. The quantitative estimate of drug-likeness (QED) is 0.729. The molecule has 0 bridgehead atoms. The number of aromatic nitrogens is 1. The lowest BCUT2D eigenvalue weighted by molar-refractivity contribution is -0.128. The maximum Gasteiger partial charge on any atom is 0.234 e. The van der Waals surface area contributed by atoms with Crippen LogP contribution >= 0.6 is 0 Å². The summed E-state index contributed by atoms with van der Waals surface area (Å²) in [6.07, 6.45) is 4.34. The predicted octanol–water partition coefficient (Wildman–Crippen LogP) is 4.28. The molecule has 4 rings (SSSR count). The molecule has 29 heavy (non-hydrogen) atoms. The van der Waals surface area contributed by atoms with Crippen molar-refractivity contribution >= 4 is 17.5 Å². The van der Waals surface area contributed by atoms with Gasteiger partial charge in [0.1, 0.15) is 23.4 Å². The van der Waals surface area contributed by atoms with Crippen LogP contribution in [0.4, 0.5) is 10.2 Å². The van der Waals surface area contributed by atoms with Gasteiger partial charge in [-0.2, -0.15) is 5.26 Å². The number of halogens is 1. The van der Waals surface area contributed by atoms with Crippen LogP contribution in [0, 0.1) is 28.5 Å². The summed E-state index contributed by atoms with van der Waals surface area (Å²) in [7, 11) is 0. The molecular formula is C23H22FN3O2. The Balaban J connectivity index is 1.48. The van der Waals surface area contributed by atoms with Gasteiger partial charge in [0.05, 0.1) is 5.41 Å². The fourth-order valence-electron chi connectivity index (χ4n) is 4.80. The standard InChI is InChI=1S/C23H22FN3O2/c24-18-6-1-5-17(13-18)20(28)12-16-4-3-9-23(14-16)10-11-27(22(23)29)21-8-2-7-19(15-25)26-21/h1-2,5-8,13,16H,3-4,9-12,14H2/t16-,23+/m1/s1. The average molecular weight is 391 g/mol. The Labute approximate surface area is 169 Å². The number of ketones is 1. The normalized spacial score (nSPS) is 23.9. The molecule has 1 aliphatic heterocycles. The average Bonchev–Trinajstić information content (AvgIpc) is 3.03. The lowest BCUT2D eigenvalue weighted by atomic mass is 9.67. The number of carbonyl (C=O) groups is 2. The van der Waals surface area contributed by atoms with E-state index in [0.29, 0.717) is 36.5 Å². The Hall–Kier alpha value is -3.07. The van der Waals surface area contributed by atoms with Crippen molar-refractivity contribution in [1.82, 2.24) is 4.98 Å². The number of nitriles is 1. The molecule has 0 N–H and O–H groups in total. The first kappa shape index (κ1) is 19.3. The molecule has 148 valence electrons. The van der Waals surface area contributed by atoms with Gasteiger partial charge in [0, 0.05) is 18.5 Å². The SMILES string of the molecule is N#Cc1cccc(N2CC[C@]3(CCC[C@H](CC(=O)c4cccc(F)c4)C3)C2=O)n1. The van der Waals surface area contributed by atoms with Gasteiger partial charge in [-0.25, -0.2) is 9.37 Å². The van der Waals surface area contributed by atoms with Crippen LogP contribution < -0.4 is 4.90 Å². The smallest absolute Gasteiger partial charge is 0.234 e. The highest BCUT2D eigenvalue weighted by Gasteiger charge is 2.49. The van der Waals surface area contributed by atoms with Crippen LogP contribution in [-0.4, -0.2) is 23.2 Å². The fourth-order valence-corrected chi connectivity index (χ4v) is 4.80. The van der Waals surface area contributed by atoms with Crippen molar-refractivity contribution in [2.45, 2.75) is 38.5 Å². The Morgan fingerprint density at radius 3 is 2.90 bits per heavy atom. The van der Waals surface area contributed by atoms with E-state index in [1.807, 2.05) is 6.07 Å². The summed E-state index contributed by atoms with van der Waals surface area (Å²) in [6.45, 7) is 0.575. The molecule has 2 aliphatic rings. The van der Waals surface area contributed by atoms with E-state index in [1.165, 1.54) is 12.1 Å². The van der Waals surface area contributed by atoms with Crippen LogP contribution in [0.25, 0.3) is 0 Å². The predicted molar refractivity (Wildman–Crippen MR) is 106 cm³/mol. The van der Waals surface area contributed by atoms with Gasteiger partial charge in [0.25, 0.3) is 0 Å². The summed E-state index contributed by atoms with van der Waals surface area (Å²) < 4.78 is 13.4. The molecule has 0 unspecified atom stereocenters. The van der Waals surface area contributed by atoms with Gasteiger partial charge in [-0.1, -0.05) is 24.6 Å². The molecule has 1 aromatic carbocycles. The highest BCUT2D eigenvalue weighted by atomic mass is 19.1. The maximum atomic E-state index is 13.4. The summed E-state index contributed by atoms with van der Waals surface area (Å²) in [5, 5.41) is 9.07. The van der Waals surface area contributed by atoms with Crippen LogP contribution in [0.1, 0.15) is 54.6 Å². The number of benzene rings is 1. The molecule has 2 aromatic rings. The van der Waals surface area contributed by atoms with Crippen molar-refractivity contribution in [1.29, 1.82) is 5.26 Å². The van der Waals surface area contributed by atoms with Gasteiger partial charge in [-0.15, -0.1) is 0 Å². The molecule has 2 heterocycles. The van der Waals surface area contributed by atoms with E-state index in [2.05, 4.69) is 4.98 Å². The van der Waals surface area contributed by atoms with E-state index in [1.54, 1.807) is 35.2 Å². The number of rotatable bonds is 4. The van der Waals surface area contributed by atoms with Crippen molar-refractivity contribution in [2.24, 2.45) is 11.3 Å². The monoisotopic (exact) mass is 391 g/mol. The lowest BCUT2D eigenvalue weighted by Crippen LogP contribution is -2.39. The van der Waals surface area contributed by atoms with Crippen LogP contribution in [0.2, 0.25) is 0 Å². The zero-order valence-corrected chi connectivity index (χ0v) is 16.1. The number of anilines is 1.